The van der Waals surface area contributed by atoms with Crippen LogP contribution in [0.5, 0.6) is 0 Å². The van der Waals surface area contributed by atoms with Crippen LogP contribution in [0, 0.1) is 0 Å². The van der Waals surface area contributed by atoms with Crippen LogP contribution in [0.15, 0.2) is 0 Å². The molecule has 0 aliphatic rings. The summed E-state index contributed by atoms with van der Waals surface area (Å²) >= 11 is 0. The van der Waals surface area contributed by atoms with Crippen LogP contribution in [-0.4, -0.2) is 88.5 Å². The van der Waals surface area contributed by atoms with Gasteiger partial charge in [0.1, 0.15) is 0 Å². The average Bonchev–Trinajstić information content (AvgIpc) is 2.35. The highest BCUT2D eigenvalue weighted by molar-refractivity contribution is 5.88. The molecule has 2 atom stereocenters. The Balaban J connectivity index is -0.000000364. The van der Waals surface area contributed by atoms with E-state index in [1.807, 2.05) is 0 Å². The van der Waals surface area contributed by atoms with Crippen LogP contribution >= 0.6 is 0 Å². The van der Waals surface area contributed by atoms with Crippen LogP contribution in [0.4, 0.5) is 0 Å². The molecule has 0 aromatic heterocycles. The maximum absolute atomic E-state index is 10.3. The Morgan fingerprint density at radius 2 is 0.958 bits per heavy atom. The van der Waals surface area contributed by atoms with Gasteiger partial charge in [0.05, 0.1) is 12.8 Å². The average molecular weight is 359 g/mol. The number of carboxylic acid groups (broad SMARTS) is 5. The van der Waals surface area contributed by atoms with Gasteiger partial charge in [-0.1, -0.05) is 0 Å². The molecule has 0 bridgehead atoms. The number of aliphatic carboxylic acids is 5. The monoisotopic (exact) mass is 359 g/mol. The Bertz CT molecular complexity index is 453. The maximum atomic E-state index is 10.3. The van der Waals surface area contributed by atoms with E-state index in [0.29, 0.717) is 0 Å². The molecule has 0 aliphatic carbocycles. The molecule has 0 aliphatic heterocycles. The van der Waals surface area contributed by atoms with E-state index in [-0.39, 0.29) is 6.15 Å². The predicted octanol–water partition coefficient (Wildman–Crippen LogP) is -3.21. The third kappa shape index (κ3) is 10.0. The lowest BCUT2D eigenvalue weighted by atomic mass is 9.96. The number of carbonyl (C=O) groups is 5. The number of aliphatic hydroxyl groups is 3. The van der Waals surface area contributed by atoms with Crippen LogP contribution in [-0.2, 0) is 24.0 Å². The van der Waals surface area contributed by atoms with Crippen LogP contribution in [0.3, 0.4) is 0 Å². The molecular formula is C10H17NO13. The number of hydrogen-bond donors (Lipinski definition) is 9. The summed E-state index contributed by atoms with van der Waals surface area (Å²) in [7, 11) is 0. The van der Waals surface area contributed by atoms with Gasteiger partial charge in [0.2, 0.25) is 0 Å². The lowest BCUT2D eigenvalue weighted by molar-refractivity contribution is -0.170. The van der Waals surface area contributed by atoms with Gasteiger partial charge in [-0.2, -0.15) is 0 Å². The Hall–Kier alpha value is -2.81. The largest absolute Gasteiger partial charge is 0.481 e. The fourth-order valence-electron chi connectivity index (χ4n) is 0.984. The van der Waals surface area contributed by atoms with E-state index in [1.165, 1.54) is 0 Å². The first-order valence-electron chi connectivity index (χ1n) is 5.45. The van der Waals surface area contributed by atoms with E-state index < -0.39 is 60.5 Å². The topological polar surface area (TPSA) is 282 Å². The second-order valence-electron chi connectivity index (χ2n) is 4.04. The minimum atomic E-state index is -2.74. The minimum Gasteiger partial charge on any atom is -0.481 e. The van der Waals surface area contributed by atoms with Gasteiger partial charge in [-0.05, 0) is 0 Å². The second-order valence-corrected chi connectivity index (χ2v) is 4.04. The first-order chi connectivity index (χ1) is 10.2. The van der Waals surface area contributed by atoms with E-state index in [1.54, 1.807) is 0 Å². The maximum Gasteiger partial charge on any atom is 0.336 e. The fourth-order valence-corrected chi connectivity index (χ4v) is 0.984. The third-order valence-electron chi connectivity index (χ3n) is 2.09. The molecule has 14 nitrogen and oxygen atoms in total. The van der Waals surface area contributed by atoms with E-state index in [9.17, 15) is 24.0 Å². The van der Waals surface area contributed by atoms with Crippen molar-refractivity contribution >= 4 is 29.8 Å². The molecule has 0 heterocycles. The van der Waals surface area contributed by atoms with Crippen molar-refractivity contribution in [2.45, 2.75) is 30.7 Å². The summed E-state index contributed by atoms with van der Waals surface area (Å²) in [4.78, 5) is 50.0. The fraction of sp³-hybridized carbons (Fsp3) is 0.500. The summed E-state index contributed by atoms with van der Waals surface area (Å²) in [6, 6.07) is 0. The molecule has 140 valence electrons. The molecule has 0 rings (SSSR count). The molecule has 0 aromatic rings. The van der Waals surface area contributed by atoms with E-state index in [4.69, 9.17) is 40.9 Å². The molecule has 0 radical (unpaired) electrons. The number of aliphatic hydroxyl groups excluding tert-OH is 2. The number of hydrogen-bond acceptors (Lipinski definition) is 9. The van der Waals surface area contributed by atoms with Gasteiger partial charge < -0.3 is 47.0 Å². The summed E-state index contributed by atoms with van der Waals surface area (Å²) in [6.07, 6.45) is -6.82. The van der Waals surface area contributed by atoms with Crippen molar-refractivity contribution in [3.63, 3.8) is 0 Å². The minimum absolute atomic E-state index is 0. The zero-order valence-corrected chi connectivity index (χ0v) is 11.9. The number of carboxylic acids is 5. The zero-order valence-electron chi connectivity index (χ0n) is 11.9. The van der Waals surface area contributed by atoms with Gasteiger partial charge in [0.25, 0.3) is 0 Å². The summed E-state index contributed by atoms with van der Waals surface area (Å²) < 4.78 is 0. The van der Waals surface area contributed by atoms with Crippen molar-refractivity contribution in [2.75, 3.05) is 0 Å². The van der Waals surface area contributed by atoms with Crippen molar-refractivity contribution in [1.29, 1.82) is 0 Å². The quantitative estimate of drug-likeness (QED) is 0.206. The van der Waals surface area contributed by atoms with E-state index in [2.05, 4.69) is 0 Å². The second kappa shape index (κ2) is 10.8. The third-order valence-corrected chi connectivity index (χ3v) is 2.09. The first-order valence-corrected chi connectivity index (χ1v) is 5.45. The lowest BCUT2D eigenvalue weighted by Gasteiger charge is -2.18. The normalized spacial score (nSPS) is 12.5. The van der Waals surface area contributed by atoms with Gasteiger partial charge in [0, 0.05) is 0 Å². The SMILES string of the molecule is N.O=C(O)C(O)C(O)C(=O)O.O=C(O)CC(O)(CC(=O)O)C(=O)O. The van der Waals surface area contributed by atoms with Crippen molar-refractivity contribution in [3.8, 4) is 0 Å². The standard InChI is InChI=1S/C6H8O7.C4H6O6.H3N/c7-3(8)1-6(13,5(11)12)2-4(9)10;5-1(3(7)8)2(6)4(9)10;/h13H,1-2H2,(H,7,8)(H,9,10)(H,11,12);1-2,5-6H,(H,7,8)(H,9,10);1H3. The Morgan fingerprint density at radius 3 is 1.08 bits per heavy atom. The highest BCUT2D eigenvalue weighted by Crippen LogP contribution is 2.15. The molecule has 0 fully saturated rings. The first kappa shape index (κ1) is 26.1. The van der Waals surface area contributed by atoms with E-state index in [0.717, 1.165) is 0 Å². The molecule has 2 unspecified atom stereocenters. The molecule has 0 aromatic carbocycles. The van der Waals surface area contributed by atoms with Crippen molar-refractivity contribution < 1.29 is 64.8 Å². The highest BCUT2D eigenvalue weighted by Gasteiger charge is 2.40. The summed E-state index contributed by atoms with van der Waals surface area (Å²) in [5.74, 6) is -8.56. The summed E-state index contributed by atoms with van der Waals surface area (Å²) in [6.45, 7) is 0. The zero-order chi connectivity index (χ0) is 19.0. The van der Waals surface area contributed by atoms with Crippen molar-refractivity contribution in [2.24, 2.45) is 0 Å². The summed E-state index contributed by atoms with van der Waals surface area (Å²) in [5.41, 5.74) is -2.74. The Morgan fingerprint density at radius 1 is 0.708 bits per heavy atom. The van der Waals surface area contributed by atoms with Crippen LogP contribution < -0.4 is 6.15 Å². The Labute approximate surface area is 132 Å². The van der Waals surface area contributed by atoms with Crippen LogP contribution in [0.25, 0.3) is 0 Å². The molecular weight excluding hydrogens is 342 g/mol. The molecule has 24 heavy (non-hydrogen) atoms. The summed E-state index contributed by atoms with van der Waals surface area (Å²) in [5, 5.41) is 66.3. The van der Waals surface area contributed by atoms with Crippen LogP contribution in [0.2, 0.25) is 0 Å². The number of rotatable bonds is 8. The molecule has 11 N–H and O–H groups in total. The predicted molar refractivity (Wildman–Crippen MR) is 69.4 cm³/mol. The van der Waals surface area contributed by atoms with Gasteiger partial charge >= 0.3 is 29.8 Å². The van der Waals surface area contributed by atoms with Gasteiger partial charge in [-0.25, -0.2) is 14.4 Å². The molecule has 0 spiro atoms. The highest BCUT2D eigenvalue weighted by atomic mass is 16.4. The van der Waals surface area contributed by atoms with Gasteiger partial charge in [-0.3, -0.25) is 9.59 Å². The van der Waals surface area contributed by atoms with Gasteiger partial charge in [-0.15, -0.1) is 0 Å². The Kier molecular flexibility index (Phi) is 11.8. The molecule has 14 heteroatoms. The van der Waals surface area contributed by atoms with Crippen LogP contribution in [0.1, 0.15) is 12.8 Å². The van der Waals surface area contributed by atoms with E-state index >= 15 is 0 Å². The molecule has 0 amide bonds. The van der Waals surface area contributed by atoms with Gasteiger partial charge in [0.15, 0.2) is 17.8 Å². The van der Waals surface area contributed by atoms with Crippen molar-refractivity contribution in [3.05, 3.63) is 0 Å². The molecule has 0 saturated heterocycles. The molecule has 0 saturated carbocycles. The lowest BCUT2D eigenvalue weighted by Crippen LogP contribution is -2.42. The smallest absolute Gasteiger partial charge is 0.336 e. The van der Waals surface area contributed by atoms with Crippen molar-refractivity contribution in [1.82, 2.24) is 6.15 Å².